The Morgan fingerprint density at radius 1 is 1.17 bits per heavy atom. The molecule has 4 rings (SSSR count). The lowest BCUT2D eigenvalue weighted by molar-refractivity contribution is 0.207. The number of aromatic nitrogens is 1. The largest absolute Gasteiger partial charge is 0.440 e. The maximum Gasteiger partial charge on any atom is 0.317 e. The number of nitrogens with one attached hydrogen (secondary N) is 1. The molecular formula is C19H19N3O2. The molecule has 2 amide bonds. The van der Waals surface area contributed by atoms with Crippen molar-refractivity contribution in [1.82, 2.24) is 15.2 Å². The predicted molar refractivity (Wildman–Crippen MR) is 91.6 cm³/mol. The summed E-state index contributed by atoms with van der Waals surface area (Å²) in [6.45, 7) is 1.92. The third-order valence-corrected chi connectivity index (χ3v) is 4.42. The first-order valence-electron chi connectivity index (χ1n) is 8.22. The summed E-state index contributed by atoms with van der Waals surface area (Å²) in [7, 11) is 0. The summed E-state index contributed by atoms with van der Waals surface area (Å²) in [5.74, 6) is 0.898. The molecule has 0 bridgehead atoms. The van der Waals surface area contributed by atoms with E-state index in [9.17, 15) is 4.79 Å². The number of para-hydroxylation sites is 2. The highest BCUT2D eigenvalue weighted by Crippen LogP contribution is 2.29. The normalized spacial score (nSPS) is 17.3. The Labute approximate surface area is 140 Å². The molecule has 0 aliphatic carbocycles. The molecule has 5 heteroatoms. The van der Waals surface area contributed by atoms with Crippen LogP contribution in [0.15, 0.2) is 59.0 Å². The van der Waals surface area contributed by atoms with Gasteiger partial charge < -0.3 is 14.6 Å². The topological polar surface area (TPSA) is 58.4 Å². The maximum absolute atomic E-state index is 12.3. The molecule has 1 N–H and O–H groups in total. The van der Waals surface area contributed by atoms with Crippen molar-refractivity contribution in [2.24, 2.45) is 0 Å². The number of urea groups is 1. The summed E-state index contributed by atoms with van der Waals surface area (Å²) in [5, 5.41) is 2.98. The number of rotatable bonds is 3. The fourth-order valence-electron chi connectivity index (χ4n) is 3.10. The zero-order valence-corrected chi connectivity index (χ0v) is 13.3. The monoisotopic (exact) mass is 321 g/mol. The lowest BCUT2D eigenvalue weighted by Gasteiger charge is -2.16. The molecule has 1 fully saturated rings. The van der Waals surface area contributed by atoms with Crippen LogP contribution in [0.2, 0.25) is 0 Å². The van der Waals surface area contributed by atoms with E-state index in [-0.39, 0.29) is 11.9 Å². The van der Waals surface area contributed by atoms with E-state index in [0.717, 1.165) is 35.5 Å². The van der Waals surface area contributed by atoms with Crippen molar-refractivity contribution in [3.05, 3.63) is 66.1 Å². The minimum absolute atomic E-state index is 0.0301. The van der Waals surface area contributed by atoms with Crippen LogP contribution >= 0.6 is 0 Å². The molecule has 1 unspecified atom stereocenters. The standard InChI is InChI=1S/C19H19N3O2/c23-19(20-12-14-6-2-1-3-7-14)22-11-10-15(13-22)18-21-16-8-4-5-9-17(16)24-18/h1-9,15H,10-13H2,(H,20,23). The average molecular weight is 321 g/mol. The maximum atomic E-state index is 12.3. The summed E-state index contributed by atoms with van der Waals surface area (Å²) in [6.07, 6.45) is 0.881. The molecule has 122 valence electrons. The van der Waals surface area contributed by atoms with Gasteiger partial charge in [0, 0.05) is 19.6 Å². The second-order valence-corrected chi connectivity index (χ2v) is 6.10. The third-order valence-electron chi connectivity index (χ3n) is 4.42. The Morgan fingerprint density at radius 2 is 1.96 bits per heavy atom. The zero-order chi connectivity index (χ0) is 16.4. The first-order valence-corrected chi connectivity index (χ1v) is 8.22. The number of amides is 2. The van der Waals surface area contributed by atoms with Crippen molar-refractivity contribution < 1.29 is 9.21 Å². The number of likely N-dealkylation sites (tertiary alicyclic amines) is 1. The van der Waals surface area contributed by atoms with Gasteiger partial charge >= 0.3 is 6.03 Å². The Balaban J connectivity index is 1.38. The number of benzene rings is 2. The number of fused-ring (bicyclic) bond motifs is 1. The van der Waals surface area contributed by atoms with E-state index >= 15 is 0 Å². The molecule has 2 heterocycles. The highest BCUT2D eigenvalue weighted by atomic mass is 16.3. The van der Waals surface area contributed by atoms with Gasteiger partial charge in [-0.3, -0.25) is 0 Å². The van der Waals surface area contributed by atoms with Crippen LogP contribution in [-0.2, 0) is 6.54 Å². The number of oxazole rings is 1. The van der Waals surface area contributed by atoms with E-state index < -0.39 is 0 Å². The summed E-state index contributed by atoms with van der Waals surface area (Å²) in [5.41, 5.74) is 2.78. The van der Waals surface area contributed by atoms with Crippen molar-refractivity contribution in [3.63, 3.8) is 0 Å². The number of nitrogens with zero attached hydrogens (tertiary/aromatic N) is 2. The van der Waals surface area contributed by atoms with Crippen molar-refractivity contribution in [2.75, 3.05) is 13.1 Å². The van der Waals surface area contributed by atoms with Crippen LogP contribution in [0.1, 0.15) is 23.8 Å². The molecule has 1 aromatic heterocycles. The quantitative estimate of drug-likeness (QED) is 0.803. The smallest absolute Gasteiger partial charge is 0.317 e. The Bertz CT molecular complexity index is 811. The van der Waals surface area contributed by atoms with Crippen LogP contribution in [0, 0.1) is 0 Å². The van der Waals surface area contributed by atoms with Crippen molar-refractivity contribution in [3.8, 4) is 0 Å². The van der Waals surface area contributed by atoms with Crippen LogP contribution in [0.25, 0.3) is 11.1 Å². The lowest BCUT2D eigenvalue weighted by Crippen LogP contribution is -2.37. The second-order valence-electron chi connectivity index (χ2n) is 6.10. The molecule has 1 atom stereocenters. The van der Waals surface area contributed by atoms with E-state index in [0.29, 0.717) is 13.1 Å². The summed E-state index contributed by atoms with van der Waals surface area (Å²) in [4.78, 5) is 18.7. The molecule has 1 aliphatic heterocycles. The van der Waals surface area contributed by atoms with Crippen molar-refractivity contribution in [2.45, 2.75) is 18.9 Å². The third kappa shape index (κ3) is 2.97. The van der Waals surface area contributed by atoms with Crippen LogP contribution in [0.4, 0.5) is 4.79 Å². The molecule has 0 spiro atoms. The van der Waals surface area contributed by atoms with Gasteiger partial charge in [-0.05, 0) is 24.1 Å². The van der Waals surface area contributed by atoms with Gasteiger partial charge in [-0.15, -0.1) is 0 Å². The number of carbonyl (C=O) groups excluding carboxylic acids is 1. The van der Waals surface area contributed by atoms with Crippen LogP contribution in [0.3, 0.4) is 0 Å². The molecule has 1 aliphatic rings. The first-order chi connectivity index (χ1) is 11.8. The van der Waals surface area contributed by atoms with Gasteiger partial charge in [0.15, 0.2) is 11.5 Å². The molecule has 0 radical (unpaired) electrons. The van der Waals surface area contributed by atoms with Gasteiger partial charge in [0.05, 0.1) is 5.92 Å². The van der Waals surface area contributed by atoms with Gasteiger partial charge in [-0.1, -0.05) is 42.5 Å². The van der Waals surface area contributed by atoms with Crippen molar-refractivity contribution in [1.29, 1.82) is 0 Å². The summed E-state index contributed by atoms with van der Waals surface area (Å²) < 4.78 is 5.84. The lowest BCUT2D eigenvalue weighted by atomic mass is 10.1. The highest BCUT2D eigenvalue weighted by molar-refractivity contribution is 5.75. The molecule has 24 heavy (non-hydrogen) atoms. The van der Waals surface area contributed by atoms with E-state index in [2.05, 4.69) is 10.3 Å². The fourth-order valence-corrected chi connectivity index (χ4v) is 3.10. The summed E-state index contributed by atoms with van der Waals surface area (Å²) >= 11 is 0. The van der Waals surface area contributed by atoms with Gasteiger partial charge in [0.1, 0.15) is 5.52 Å². The van der Waals surface area contributed by atoms with E-state index in [1.54, 1.807) is 0 Å². The molecule has 5 nitrogen and oxygen atoms in total. The Hall–Kier alpha value is -2.82. The number of hydrogen-bond acceptors (Lipinski definition) is 3. The number of carbonyl (C=O) groups is 1. The zero-order valence-electron chi connectivity index (χ0n) is 13.3. The minimum Gasteiger partial charge on any atom is -0.440 e. The molecule has 3 aromatic rings. The minimum atomic E-state index is -0.0301. The van der Waals surface area contributed by atoms with Gasteiger partial charge in [0.2, 0.25) is 0 Å². The van der Waals surface area contributed by atoms with E-state index in [1.165, 1.54) is 0 Å². The van der Waals surface area contributed by atoms with Gasteiger partial charge in [0.25, 0.3) is 0 Å². The van der Waals surface area contributed by atoms with E-state index in [1.807, 2.05) is 59.5 Å². The van der Waals surface area contributed by atoms with Crippen LogP contribution in [0.5, 0.6) is 0 Å². The highest BCUT2D eigenvalue weighted by Gasteiger charge is 2.30. The average Bonchev–Trinajstić information content (AvgIpc) is 3.27. The predicted octanol–water partition coefficient (Wildman–Crippen LogP) is 3.53. The van der Waals surface area contributed by atoms with E-state index in [4.69, 9.17) is 4.42 Å². The number of hydrogen-bond donors (Lipinski definition) is 1. The molecule has 0 saturated carbocycles. The molecule has 2 aromatic carbocycles. The molecule has 1 saturated heterocycles. The SMILES string of the molecule is O=C(NCc1ccccc1)N1CCC(c2nc3ccccc3o2)C1. The van der Waals surface area contributed by atoms with Gasteiger partial charge in [-0.25, -0.2) is 9.78 Å². The van der Waals surface area contributed by atoms with Gasteiger partial charge in [-0.2, -0.15) is 0 Å². The summed E-state index contributed by atoms with van der Waals surface area (Å²) in [6, 6.07) is 17.7. The van der Waals surface area contributed by atoms with Crippen molar-refractivity contribution >= 4 is 17.1 Å². The first kappa shape index (κ1) is 14.8. The Morgan fingerprint density at radius 3 is 2.79 bits per heavy atom. The van der Waals surface area contributed by atoms with Crippen LogP contribution < -0.4 is 5.32 Å². The fraction of sp³-hybridized carbons (Fsp3) is 0.263. The Kier molecular flexibility index (Phi) is 3.91. The molecular weight excluding hydrogens is 302 g/mol. The van der Waals surface area contributed by atoms with Crippen LogP contribution in [-0.4, -0.2) is 29.0 Å². The second kappa shape index (κ2) is 6.35.